The van der Waals surface area contributed by atoms with Gasteiger partial charge < -0.3 is 20.6 Å². The lowest BCUT2D eigenvalue weighted by atomic mass is 10.2. The Bertz CT molecular complexity index is 347. The molecule has 0 bridgehead atoms. The molecule has 1 atom stereocenters. The van der Waals surface area contributed by atoms with E-state index in [-0.39, 0.29) is 24.6 Å². The van der Waals surface area contributed by atoms with Crippen LogP contribution >= 0.6 is 0 Å². The quantitative estimate of drug-likeness (QED) is 0.607. The zero-order valence-corrected chi connectivity index (χ0v) is 8.40. The summed E-state index contributed by atoms with van der Waals surface area (Å²) in [6.07, 6.45) is -4.51. The van der Waals surface area contributed by atoms with Gasteiger partial charge in [-0.25, -0.2) is 8.78 Å². The Labute approximate surface area is 91.2 Å². The molecule has 1 unspecified atom stereocenters. The first-order chi connectivity index (χ1) is 7.50. The van der Waals surface area contributed by atoms with Crippen molar-refractivity contribution in [2.75, 3.05) is 6.54 Å². The summed E-state index contributed by atoms with van der Waals surface area (Å²) in [7, 11) is 0. The molecule has 0 aliphatic carbocycles. The molecule has 6 heteroatoms. The first-order valence-corrected chi connectivity index (χ1v) is 4.68. The fourth-order valence-corrected chi connectivity index (χ4v) is 1.15. The molecule has 0 heterocycles. The third kappa shape index (κ3) is 3.63. The summed E-state index contributed by atoms with van der Waals surface area (Å²) >= 11 is 0. The van der Waals surface area contributed by atoms with E-state index in [1.54, 1.807) is 0 Å². The summed E-state index contributed by atoms with van der Waals surface area (Å²) in [5.74, 6) is -0.201. The first-order valence-electron chi connectivity index (χ1n) is 4.68. The number of phenolic OH excluding ortho intramolecular Hbond substituents is 2. The van der Waals surface area contributed by atoms with Crippen molar-refractivity contribution in [3.8, 4) is 11.5 Å². The lowest BCUT2D eigenvalue weighted by Crippen LogP contribution is -2.31. The number of rotatable bonds is 5. The van der Waals surface area contributed by atoms with Crippen molar-refractivity contribution >= 4 is 0 Å². The van der Waals surface area contributed by atoms with Crippen LogP contribution in [-0.2, 0) is 6.54 Å². The summed E-state index contributed by atoms with van der Waals surface area (Å²) in [5, 5.41) is 29.7. The minimum atomic E-state index is -2.79. The van der Waals surface area contributed by atoms with Crippen LogP contribution in [0.15, 0.2) is 18.2 Å². The molecular weight excluding hydrogens is 220 g/mol. The van der Waals surface area contributed by atoms with Crippen LogP contribution in [0, 0.1) is 0 Å². The van der Waals surface area contributed by atoms with Gasteiger partial charge in [0.15, 0.2) is 0 Å². The lowest BCUT2D eigenvalue weighted by Gasteiger charge is -2.11. The molecule has 0 aliphatic heterocycles. The van der Waals surface area contributed by atoms with Gasteiger partial charge in [0.05, 0.1) is 0 Å². The van der Waals surface area contributed by atoms with Crippen molar-refractivity contribution in [3.05, 3.63) is 23.8 Å². The zero-order valence-electron chi connectivity index (χ0n) is 8.40. The summed E-state index contributed by atoms with van der Waals surface area (Å²) in [6, 6.07) is 3.99. The Kier molecular flexibility index (Phi) is 4.45. The highest BCUT2D eigenvalue weighted by Crippen LogP contribution is 2.22. The highest BCUT2D eigenvalue weighted by Gasteiger charge is 2.15. The molecule has 1 aromatic rings. The maximum Gasteiger partial charge on any atom is 0.265 e. The maximum absolute atomic E-state index is 11.9. The number of aliphatic hydroxyl groups excluding tert-OH is 1. The summed E-state index contributed by atoms with van der Waals surface area (Å²) in [6.45, 7) is -0.131. The molecule has 0 saturated carbocycles. The second-order valence-corrected chi connectivity index (χ2v) is 3.35. The first kappa shape index (κ1) is 12.7. The zero-order chi connectivity index (χ0) is 12.1. The fraction of sp³-hybridized carbons (Fsp3) is 0.400. The van der Waals surface area contributed by atoms with Gasteiger partial charge in [0.25, 0.3) is 6.43 Å². The second-order valence-electron chi connectivity index (χ2n) is 3.35. The Balaban J connectivity index is 2.43. The maximum atomic E-state index is 11.9. The molecular formula is C10H13F2NO3. The van der Waals surface area contributed by atoms with Gasteiger partial charge in [0.1, 0.15) is 17.6 Å². The van der Waals surface area contributed by atoms with Crippen LogP contribution in [0.5, 0.6) is 11.5 Å². The molecule has 1 rings (SSSR count). The van der Waals surface area contributed by atoms with Crippen molar-refractivity contribution in [1.82, 2.24) is 5.32 Å². The Morgan fingerprint density at radius 3 is 2.50 bits per heavy atom. The van der Waals surface area contributed by atoms with Crippen molar-refractivity contribution in [1.29, 1.82) is 0 Å². The van der Waals surface area contributed by atoms with E-state index in [9.17, 15) is 13.9 Å². The van der Waals surface area contributed by atoms with E-state index in [1.807, 2.05) is 0 Å². The average Bonchev–Trinajstić information content (AvgIpc) is 2.20. The Hall–Kier alpha value is -1.40. The van der Waals surface area contributed by atoms with Crippen LogP contribution in [0.25, 0.3) is 0 Å². The fourth-order valence-electron chi connectivity index (χ4n) is 1.15. The lowest BCUT2D eigenvalue weighted by molar-refractivity contribution is -0.00342. The molecule has 0 aliphatic rings. The number of halogens is 2. The van der Waals surface area contributed by atoms with Gasteiger partial charge in [-0.15, -0.1) is 0 Å². The summed E-state index contributed by atoms with van der Waals surface area (Å²) in [5.41, 5.74) is 0.458. The monoisotopic (exact) mass is 233 g/mol. The molecule has 90 valence electrons. The van der Waals surface area contributed by atoms with Gasteiger partial charge in [0.2, 0.25) is 0 Å². The molecule has 4 N–H and O–H groups in total. The van der Waals surface area contributed by atoms with E-state index in [4.69, 9.17) is 10.2 Å². The minimum Gasteiger partial charge on any atom is -0.508 e. The van der Waals surface area contributed by atoms with E-state index < -0.39 is 12.5 Å². The van der Waals surface area contributed by atoms with Gasteiger partial charge in [-0.1, -0.05) is 6.07 Å². The molecule has 0 amide bonds. The van der Waals surface area contributed by atoms with Crippen molar-refractivity contribution in [3.63, 3.8) is 0 Å². The van der Waals surface area contributed by atoms with Crippen LogP contribution < -0.4 is 5.32 Å². The molecule has 4 nitrogen and oxygen atoms in total. The number of hydrogen-bond acceptors (Lipinski definition) is 4. The number of hydrogen-bond donors (Lipinski definition) is 4. The predicted octanol–water partition coefficient (Wildman–Crippen LogP) is 0.813. The van der Waals surface area contributed by atoms with Crippen molar-refractivity contribution in [2.24, 2.45) is 0 Å². The Morgan fingerprint density at radius 1 is 1.25 bits per heavy atom. The van der Waals surface area contributed by atoms with E-state index in [2.05, 4.69) is 5.32 Å². The van der Waals surface area contributed by atoms with E-state index in [1.165, 1.54) is 12.1 Å². The summed E-state index contributed by atoms with van der Waals surface area (Å²) in [4.78, 5) is 0. The number of aliphatic hydroxyl groups is 1. The van der Waals surface area contributed by atoms with Gasteiger partial charge in [0, 0.05) is 24.7 Å². The van der Waals surface area contributed by atoms with Gasteiger partial charge in [-0.3, -0.25) is 0 Å². The minimum absolute atomic E-state index is 0.0751. The molecule has 0 saturated heterocycles. The number of aromatic hydroxyl groups is 2. The SMILES string of the molecule is Oc1ccc(CNCC(O)C(F)F)c(O)c1. The number of phenols is 2. The van der Waals surface area contributed by atoms with Crippen molar-refractivity contribution < 1.29 is 24.1 Å². The van der Waals surface area contributed by atoms with Crippen LogP contribution in [0.4, 0.5) is 8.78 Å². The van der Waals surface area contributed by atoms with Crippen LogP contribution in [-0.4, -0.2) is 34.4 Å². The van der Waals surface area contributed by atoms with Gasteiger partial charge >= 0.3 is 0 Å². The summed E-state index contributed by atoms with van der Waals surface area (Å²) < 4.78 is 23.8. The van der Waals surface area contributed by atoms with Gasteiger partial charge in [-0.05, 0) is 6.07 Å². The molecule has 0 radical (unpaired) electrons. The molecule has 0 fully saturated rings. The van der Waals surface area contributed by atoms with E-state index in [0.29, 0.717) is 5.56 Å². The standard InChI is InChI=1S/C10H13F2NO3/c11-10(12)9(16)5-13-4-6-1-2-7(14)3-8(6)15/h1-3,9-10,13-16H,4-5H2. The van der Waals surface area contributed by atoms with E-state index in [0.717, 1.165) is 6.07 Å². The average molecular weight is 233 g/mol. The topological polar surface area (TPSA) is 72.7 Å². The highest BCUT2D eigenvalue weighted by atomic mass is 19.3. The molecule has 16 heavy (non-hydrogen) atoms. The highest BCUT2D eigenvalue weighted by molar-refractivity contribution is 5.38. The molecule has 0 spiro atoms. The largest absolute Gasteiger partial charge is 0.508 e. The third-order valence-corrected chi connectivity index (χ3v) is 2.03. The predicted molar refractivity (Wildman–Crippen MR) is 53.5 cm³/mol. The second kappa shape index (κ2) is 5.62. The third-order valence-electron chi connectivity index (χ3n) is 2.03. The molecule has 0 aromatic heterocycles. The smallest absolute Gasteiger partial charge is 0.265 e. The number of nitrogens with one attached hydrogen (secondary N) is 1. The normalized spacial score (nSPS) is 13.0. The Morgan fingerprint density at radius 2 is 1.94 bits per heavy atom. The molecule has 1 aromatic carbocycles. The van der Waals surface area contributed by atoms with Gasteiger partial charge in [-0.2, -0.15) is 0 Å². The van der Waals surface area contributed by atoms with Crippen LogP contribution in [0.3, 0.4) is 0 Å². The van der Waals surface area contributed by atoms with Crippen molar-refractivity contribution in [2.45, 2.75) is 19.1 Å². The van der Waals surface area contributed by atoms with Crippen LogP contribution in [0.2, 0.25) is 0 Å². The van der Waals surface area contributed by atoms with Crippen LogP contribution in [0.1, 0.15) is 5.56 Å². The van der Waals surface area contributed by atoms with E-state index >= 15 is 0 Å². The number of benzene rings is 1. The number of alkyl halides is 2.